The predicted octanol–water partition coefficient (Wildman–Crippen LogP) is 4.29. The maximum atomic E-state index is 12.8. The van der Waals surface area contributed by atoms with Crippen molar-refractivity contribution in [3.05, 3.63) is 70.8 Å². The summed E-state index contributed by atoms with van der Waals surface area (Å²) in [5.41, 5.74) is 0.623. The zero-order valence-corrected chi connectivity index (χ0v) is 12.2. The molecule has 0 aromatic heterocycles. The lowest BCUT2D eigenvalue weighted by Crippen LogP contribution is -2.31. The van der Waals surface area contributed by atoms with Gasteiger partial charge in [-0.3, -0.25) is 9.59 Å². The van der Waals surface area contributed by atoms with Crippen molar-refractivity contribution in [2.45, 2.75) is 10.7 Å². The Morgan fingerprint density at radius 3 is 2.00 bits per heavy atom. The van der Waals surface area contributed by atoms with E-state index >= 15 is 0 Å². The van der Waals surface area contributed by atoms with Crippen LogP contribution in [0.3, 0.4) is 0 Å². The standard InChI is InChI=1S/C16H9BrF2O2/c17-16(10-5-3-4-9(8-10)15(18)19)13(20)11-6-1-2-7-12(11)14(16)21/h1-8,15H. The number of Topliss-reactive ketones (excluding diaryl/α,β-unsaturated/α-hetero) is 2. The number of carbonyl (C=O) groups is 2. The van der Waals surface area contributed by atoms with Gasteiger partial charge >= 0.3 is 0 Å². The van der Waals surface area contributed by atoms with Gasteiger partial charge in [-0.1, -0.05) is 58.4 Å². The van der Waals surface area contributed by atoms with Crippen LogP contribution in [0.1, 0.15) is 38.3 Å². The van der Waals surface area contributed by atoms with E-state index in [2.05, 4.69) is 15.9 Å². The van der Waals surface area contributed by atoms with Gasteiger partial charge < -0.3 is 0 Å². The molecular formula is C16H9BrF2O2. The molecule has 0 atom stereocenters. The second-order valence-corrected chi connectivity index (χ2v) is 5.98. The Balaban J connectivity index is 2.17. The molecular weight excluding hydrogens is 342 g/mol. The summed E-state index contributed by atoms with van der Waals surface area (Å²) >= 11 is 3.20. The number of alkyl halides is 3. The van der Waals surface area contributed by atoms with Crippen molar-refractivity contribution >= 4 is 27.5 Å². The van der Waals surface area contributed by atoms with Crippen LogP contribution in [-0.2, 0) is 4.32 Å². The molecule has 2 nitrogen and oxygen atoms in total. The maximum Gasteiger partial charge on any atom is 0.263 e. The van der Waals surface area contributed by atoms with Gasteiger partial charge in [0.1, 0.15) is 0 Å². The van der Waals surface area contributed by atoms with Crippen LogP contribution < -0.4 is 0 Å². The van der Waals surface area contributed by atoms with Crippen LogP contribution in [0.4, 0.5) is 8.78 Å². The number of hydrogen-bond donors (Lipinski definition) is 0. The SMILES string of the molecule is O=C1c2ccccc2C(=O)C1(Br)c1cccc(C(F)F)c1. The van der Waals surface area contributed by atoms with Gasteiger partial charge in [-0.2, -0.15) is 0 Å². The average Bonchev–Trinajstić information content (AvgIpc) is 2.71. The molecule has 2 aromatic rings. The molecule has 0 saturated carbocycles. The number of carbonyl (C=O) groups excluding carboxylic acids is 2. The fraction of sp³-hybridized carbons (Fsp3) is 0.125. The number of benzene rings is 2. The lowest BCUT2D eigenvalue weighted by Gasteiger charge is -2.19. The van der Waals surface area contributed by atoms with Crippen molar-refractivity contribution < 1.29 is 18.4 Å². The monoisotopic (exact) mass is 350 g/mol. The van der Waals surface area contributed by atoms with Gasteiger partial charge in [0.2, 0.25) is 0 Å². The second-order valence-electron chi connectivity index (χ2n) is 4.79. The molecule has 0 saturated heterocycles. The first-order valence-electron chi connectivity index (χ1n) is 6.22. The van der Waals surface area contributed by atoms with E-state index in [0.29, 0.717) is 11.1 Å². The Morgan fingerprint density at radius 1 is 0.905 bits per heavy atom. The molecule has 0 heterocycles. The van der Waals surface area contributed by atoms with E-state index in [4.69, 9.17) is 0 Å². The lowest BCUT2D eigenvalue weighted by molar-refractivity contribution is 0.0870. The van der Waals surface area contributed by atoms with E-state index in [1.165, 1.54) is 24.3 Å². The van der Waals surface area contributed by atoms with Crippen LogP contribution in [0, 0.1) is 0 Å². The number of halogens is 3. The number of hydrogen-bond acceptors (Lipinski definition) is 2. The first kappa shape index (κ1) is 14.1. The van der Waals surface area contributed by atoms with E-state index < -0.39 is 22.3 Å². The van der Waals surface area contributed by atoms with Crippen molar-refractivity contribution in [1.82, 2.24) is 0 Å². The van der Waals surface area contributed by atoms with Gasteiger partial charge in [0.05, 0.1) is 0 Å². The fourth-order valence-electron chi connectivity index (χ4n) is 2.50. The third kappa shape index (κ3) is 1.95. The Bertz CT molecular complexity index is 720. The van der Waals surface area contributed by atoms with Crippen molar-refractivity contribution in [3.8, 4) is 0 Å². The number of ketones is 2. The molecule has 0 spiro atoms. The van der Waals surface area contributed by atoms with E-state index in [0.717, 1.165) is 0 Å². The minimum absolute atomic E-state index is 0.220. The minimum Gasteiger partial charge on any atom is -0.292 e. The van der Waals surface area contributed by atoms with E-state index in [1.807, 2.05) is 0 Å². The fourth-order valence-corrected chi connectivity index (χ4v) is 3.18. The molecule has 3 rings (SSSR count). The molecule has 0 N–H and O–H groups in total. The summed E-state index contributed by atoms with van der Waals surface area (Å²) in [5, 5.41) is 0. The third-order valence-electron chi connectivity index (χ3n) is 3.58. The Morgan fingerprint density at radius 2 is 1.48 bits per heavy atom. The van der Waals surface area contributed by atoms with Gasteiger partial charge in [-0.05, 0) is 11.6 Å². The summed E-state index contributed by atoms with van der Waals surface area (Å²) in [6.45, 7) is 0. The molecule has 1 aliphatic carbocycles. The van der Waals surface area contributed by atoms with Crippen molar-refractivity contribution in [2.24, 2.45) is 0 Å². The smallest absolute Gasteiger partial charge is 0.263 e. The molecule has 0 bridgehead atoms. The molecule has 2 aromatic carbocycles. The topological polar surface area (TPSA) is 34.1 Å². The van der Waals surface area contributed by atoms with Crippen molar-refractivity contribution in [3.63, 3.8) is 0 Å². The van der Waals surface area contributed by atoms with Crippen LogP contribution in [0.25, 0.3) is 0 Å². The third-order valence-corrected chi connectivity index (χ3v) is 4.76. The lowest BCUT2D eigenvalue weighted by atomic mass is 9.92. The molecule has 1 aliphatic rings. The Hall–Kier alpha value is -1.88. The van der Waals surface area contributed by atoms with E-state index in [9.17, 15) is 18.4 Å². The molecule has 0 aliphatic heterocycles. The predicted molar refractivity (Wildman–Crippen MR) is 77.1 cm³/mol. The maximum absolute atomic E-state index is 12.8. The Labute approximate surface area is 127 Å². The largest absolute Gasteiger partial charge is 0.292 e. The summed E-state index contributed by atoms with van der Waals surface area (Å²) in [7, 11) is 0. The first-order valence-corrected chi connectivity index (χ1v) is 7.01. The van der Waals surface area contributed by atoms with Gasteiger partial charge in [-0.15, -0.1) is 0 Å². The molecule has 21 heavy (non-hydrogen) atoms. The molecule has 106 valence electrons. The summed E-state index contributed by atoms with van der Waals surface area (Å²) in [6.07, 6.45) is -2.66. The zero-order valence-electron chi connectivity index (χ0n) is 10.6. The van der Waals surface area contributed by atoms with Crippen LogP contribution in [-0.4, -0.2) is 11.6 Å². The molecule has 0 fully saturated rings. The highest BCUT2D eigenvalue weighted by molar-refractivity contribution is 9.10. The normalized spacial score (nSPS) is 16.4. The first-order chi connectivity index (χ1) is 9.96. The second kappa shape index (κ2) is 4.84. The molecule has 0 radical (unpaired) electrons. The summed E-state index contributed by atoms with van der Waals surface area (Å²) in [4.78, 5) is 25.1. The zero-order chi connectivity index (χ0) is 15.2. The summed E-state index contributed by atoms with van der Waals surface area (Å²) in [5.74, 6) is -0.843. The van der Waals surface area contributed by atoms with Crippen LogP contribution in [0.15, 0.2) is 48.5 Å². The van der Waals surface area contributed by atoms with Gasteiger partial charge in [0.25, 0.3) is 6.43 Å². The Kier molecular flexibility index (Phi) is 3.24. The van der Waals surface area contributed by atoms with Crippen LogP contribution in [0.5, 0.6) is 0 Å². The highest BCUT2D eigenvalue weighted by atomic mass is 79.9. The van der Waals surface area contributed by atoms with Crippen molar-refractivity contribution in [1.29, 1.82) is 0 Å². The van der Waals surface area contributed by atoms with Crippen LogP contribution in [0.2, 0.25) is 0 Å². The van der Waals surface area contributed by atoms with Gasteiger partial charge in [0, 0.05) is 16.7 Å². The van der Waals surface area contributed by atoms with Gasteiger partial charge in [-0.25, -0.2) is 8.78 Å². The highest BCUT2D eigenvalue weighted by Gasteiger charge is 2.52. The number of fused-ring (bicyclic) bond motifs is 1. The molecule has 0 unspecified atom stereocenters. The minimum atomic E-state index is -2.66. The number of rotatable bonds is 2. The quantitative estimate of drug-likeness (QED) is 0.597. The van der Waals surface area contributed by atoms with E-state index in [-0.39, 0.29) is 11.1 Å². The van der Waals surface area contributed by atoms with Gasteiger partial charge in [0.15, 0.2) is 15.9 Å². The average molecular weight is 351 g/mol. The molecule has 5 heteroatoms. The van der Waals surface area contributed by atoms with Crippen molar-refractivity contribution in [2.75, 3.05) is 0 Å². The van der Waals surface area contributed by atoms with Crippen LogP contribution >= 0.6 is 15.9 Å². The summed E-state index contributed by atoms with van der Waals surface area (Å²) < 4.78 is 24.1. The summed E-state index contributed by atoms with van der Waals surface area (Å²) in [6, 6.07) is 11.8. The molecule has 0 amide bonds. The van der Waals surface area contributed by atoms with E-state index in [1.54, 1.807) is 24.3 Å². The highest BCUT2D eigenvalue weighted by Crippen LogP contribution is 2.45.